The Morgan fingerprint density at radius 1 is 1.20 bits per heavy atom. The molecule has 2 N–H and O–H groups in total. The topological polar surface area (TPSA) is 58.2 Å². The van der Waals surface area contributed by atoms with Crippen molar-refractivity contribution in [2.75, 3.05) is 6.54 Å². The molecule has 1 atom stereocenters. The van der Waals surface area contributed by atoms with E-state index < -0.39 is 0 Å². The lowest BCUT2D eigenvalue weighted by Gasteiger charge is -2.15. The van der Waals surface area contributed by atoms with Gasteiger partial charge in [0.25, 0.3) is 0 Å². The molecule has 0 saturated heterocycles. The second kappa shape index (κ2) is 17.7. The molecule has 1 unspecified atom stereocenters. The standard InChI is InChI=1S/C7H15NO.C7H13NO.C2H6/c1-5(2)6(3)8-7(4)9;1-3-5-7(9)8-6-4-2;1-2/h5-6H,1-4H3,(H,8,9);3H,1,4-6H2,2H3,(H,8,9);1-2H3. The molecule has 0 fully saturated rings. The van der Waals surface area contributed by atoms with Crippen LogP contribution in [0.5, 0.6) is 0 Å². The van der Waals surface area contributed by atoms with Gasteiger partial charge in [-0.25, -0.2) is 0 Å². The van der Waals surface area contributed by atoms with E-state index in [0.29, 0.717) is 18.4 Å². The van der Waals surface area contributed by atoms with Crippen molar-refractivity contribution < 1.29 is 9.59 Å². The van der Waals surface area contributed by atoms with Gasteiger partial charge in [0, 0.05) is 25.9 Å². The Kier molecular flexibility index (Phi) is 21.0. The molecule has 0 radical (unpaired) electrons. The first kappa shape index (κ1) is 23.7. The van der Waals surface area contributed by atoms with Crippen LogP contribution in [-0.2, 0) is 9.59 Å². The fraction of sp³-hybridized carbons (Fsp3) is 0.750. The molecule has 0 aromatic heterocycles. The molecule has 0 aliphatic heterocycles. The van der Waals surface area contributed by atoms with Gasteiger partial charge >= 0.3 is 0 Å². The summed E-state index contributed by atoms with van der Waals surface area (Å²) in [6, 6.07) is 0.294. The van der Waals surface area contributed by atoms with E-state index in [4.69, 9.17) is 0 Å². The number of hydrogen-bond acceptors (Lipinski definition) is 2. The van der Waals surface area contributed by atoms with Crippen molar-refractivity contribution in [3.8, 4) is 0 Å². The summed E-state index contributed by atoms with van der Waals surface area (Å²) in [6.45, 7) is 18.0. The van der Waals surface area contributed by atoms with Gasteiger partial charge in [-0.3, -0.25) is 9.59 Å². The van der Waals surface area contributed by atoms with Crippen LogP contribution in [0, 0.1) is 5.92 Å². The molecule has 4 nitrogen and oxygen atoms in total. The minimum atomic E-state index is 0.0520. The third-order valence-electron chi connectivity index (χ3n) is 2.33. The molecule has 0 rings (SSSR count). The van der Waals surface area contributed by atoms with E-state index in [0.717, 1.165) is 13.0 Å². The summed E-state index contributed by atoms with van der Waals surface area (Å²) in [6.07, 6.45) is 3.02. The Bertz CT molecular complexity index is 251. The Hall–Kier alpha value is -1.32. The molecule has 4 heteroatoms. The van der Waals surface area contributed by atoms with E-state index >= 15 is 0 Å². The number of hydrogen-bond donors (Lipinski definition) is 2. The summed E-state index contributed by atoms with van der Waals surface area (Å²) in [4.78, 5) is 21.1. The lowest BCUT2D eigenvalue weighted by Crippen LogP contribution is -2.34. The van der Waals surface area contributed by atoms with Crippen LogP contribution in [-0.4, -0.2) is 24.4 Å². The van der Waals surface area contributed by atoms with Crippen molar-refractivity contribution in [1.82, 2.24) is 10.6 Å². The van der Waals surface area contributed by atoms with Crippen LogP contribution in [0.4, 0.5) is 0 Å². The molecule has 20 heavy (non-hydrogen) atoms. The summed E-state index contributed by atoms with van der Waals surface area (Å²) >= 11 is 0. The van der Waals surface area contributed by atoms with Gasteiger partial charge in [0.1, 0.15) is 0 Å². The average Bonchev–Trinajstić information content (AvgIpc) is 2.39. The molecule has 0 saturated carbocycles. The monoisotopic (exact) mass is 286 g/mol. The number of rotatable bonds is 6. The quantitative estimate of drug-likeness (QED) is 0.736. The number of amides is 2. The summed E-state index contributed by atoms with van der Waals surface area (Å²) < 4.78 is 0. The van der Waals surface area contributed by atoms with Gasteiger partial charge in [-0.1, -0.05) is 40.7 Å². The normalized spacial score (nSPS) is 10.2. The van der Waals surface area contributed by atoms with Crippen LogP contribution in [0.25, 0.3) is 0 Å². The van der Waals surface area contributed by atoms with Crippen molar-refractivity contribution in [2.24, 2.45) is 5.92 Å². The highest BCUT2D eigenvalue weighted by molar-refractivity contribution is 5.77. The molecule has 0 heterocycles. The molecule has 2 amide bonds. The maximum absolute atomic E-state index is 10.6. The lowest BCUT2D eigenvalue weighted by atomic mass is 10.1. The van der Waals surface area contributed by atoms with Gasteiger partial charge in [-0.2, -0.15) is 0 Å². The van der Waals surface area contributed by atoms with Crippen molar-refractivity contribution in [3.63, 3.8) is 0 Å². The Balaban J connectivity index is -0.000000257. The van der Waals surface area contributed by atoms with Crippen LogP contribution in [0.15, 0.2) is 12.7 Å². The summed E-state index contributed by atoms with van der Waals surface area (Å²) in [5.74, 6) is 0.636. The van der Waals surface area contributed by atoms with Gasteiger partial charge in [0.15, 0.2) is 0 Å². The molecule has 0 aromatic carbocycles. The molecule has 0 aromatic rings. The van der Waals surface area contributed by atoms with E-state index in [1.807, 2.05) is 27.7 Å². The van der Waals surface area contributed by atoms with Gasteiger partial charge < -0.3 is 10.6 Å². The van der Waals surface area contributed by atoms with Crippen LogP contribution in [0.1, 0.15) is 61.3 Å². The van der Waals surface area contributed by atoms with E-state index in [1.54, 1.807) is 13.0 Å². The number of nitrogens with one attached hydrogen (secondary N) is 2. The van der Waals surface area contributed by atoms with Crippen molar-refractivity contribution >= 4 is 11.8 Å². The number of carbonyl (C=O) groups excluding carboxylic acids is 2. The predicted molar refractivity (Wildman–Crippen MR) is 87.6 cm³/mol. The summed E-state index contributed by atoms with van der Waals surface area (Å²) in [7, 11) is 0. The molecular formula is C16H34N2O2. The molecule has 0 aliphatic rings. The molecule has 0 aliphatic carbocycles. The van der Waals surface area contributed by atoms with Crippen LogP contribution >= 0.6 is 0 Å². The Morgan fingerprint density at radius 3 is 1.95 bits per heavy atom. The Labute approximate surface area is 125 Å². The fourth-order valence-corrected chi connectivity index (χ4v) is 0.955. The molecule has 0 bridgehead atoms. The summed E-state index contributed by atoms with van der Waals surface area (Å²) in [5.41, 5.74) is 0. The van der Waals surface area contributed by atoms with Crippen LogP contribution < -0.4 is 10.6 Å². The largest absolute Gasteiger partial charge is 0.356 e. The van der Waals surface area contributed by atoms with Gasteiger partial charge in [0.2, 0.25) is 11.8 Å². The van der Waals surface area contributed by atoms with Crippen molar-refractivity contribution in [2.45, 2.75) is 67.3 Å². The first-order chi connectivity index (χ1) is 9.34. The molecule has 120 valence electrons. The minimum Gasteiger partial charge on any atom is -0.356 e. The third-order valence-corrected chi connectivity index (χ3v) is 2.33. The van der Waals surface area contributed by atoms with Gasteiger partial charge in [0.05, 0.1) is 0 Å². The van der Waals surface area contributed by atoms with E-state index in [2.05, 4.69) is 31.1 Å². The van der Waals surface area contributed by atoms with Crippen molar-refractivity contribution in [1.29, 1.82) is 0 Å². The maximum atomic E-state index is 10.6. The van der Waals surface area contributed by atoms with Crippen molar-refractivity contribution in [3.05, 3.63) is 12.7 Å². The second-order valence-electron chi connectivity index (χ2n) is 4.58. The fourth-order valence-electron chi connectivity index (χ4n) is 0.955. The maximum Gasteiger partial charge on any atom is 0.223 e. The highest BCUT2D eigenvalue weighted by atomic mass is 16.2. The van der Waals surface area contributed by atoms with Gasteiger partial charge in [-0.05, 0) is 19.3 Å². The predicted octanol–water partition coefficient (Wildman–Crippen LogP) is 3.28. The molecular weight excluding hydrogens is 252 g/mol. The first-order valence-electron chi connectivity index (χ1n) is 7.49. The molecule has 0 spiro atoms. The van der Waals surface area contributed by atoms with Crippen LogP contribution in [0.3, 0.4) is 0 Å². The summed E-state index contributed by atoms with van der Waals surface area (Å²) in [5, 5.41) is 5.53. The third kappa shape index (κ3) is 21.9. The zero-order valence-corrected chi connectivity index (χ0v) is 14.4. The highest BCUT2D eigenvalue weighted by Crippen LogP contribution is 1.98. The number of carbonyl (C=O) groups is 2. The zero-order chi connectivity index (χ0) is 16.6. The average molecular weight is 286 g/mol. The van der Waals surface area contributed by atoms with E-state index in [9.17, 15) is 9.59 Å². The van der Waals surface area contributed by atoms with E-state index in [-0.39, 0.29) is 11.8 Å². The lowest BCUT2D eigenvalue weighted by molar-refractivity contribution is -0.120. The first-order valence-corrected chi connectivity index (χ1v) is 7.49. The zero-order valence-electron chi connectivity index (χ0n) is 14.4. The highest BCUT2D eigenvalue weighted by Gasteiger charge is 2.05. The Morgan fingerprint density at radius 2 is 1.70 bits per heavy atom. The van der Waals surface area contributed by atoms with Crippen LogP contribution in [0.2, 0.25) is 0 Å². The SMILES string of the molecule is C=CCC(=O)NCCC.CC.CC(=O)NC(C)C(C)C. The second-order valence-corrected chi connectivity index (χ2v) is 4.58. The van der Waals surface area contributed by atoms with E-state index in [1.165, 1.54) is 0 Å². The van der Waals surface area contributed by atoms with Gasteiger partial charge in [-0.15, -0.1) is 6.58 Å². The smallest absolute Gasteiger partial charge is 0.223 e. The minimum absolute atomic E-state index is 0.0520.